The summed E-state index contributed by atoms with van der Waals surface area (Å²) in [5.74, 6) is -0.440. The standard InChI is InChI=1S/C50H56N10O6S/c1-27(29-10-14-31(15-11-29)42-28(2)53-26-67-42)54-47(65)40-20-34(61)24-60(40)48(66)43(50(3,4)5)55-45(63)32-16-12-30(13-17-32)33-22-51-49(52-23-33)59-19-18-35-38(25-59)37-21-39(36-8-6-7-9-41(36)62)57-58-44(37)56-46(35)64/h6-11,14-15,21-23,26-27,30,32,34,40,43,61-62H,12-13,16-20,24-25H2,1-5H3,(H,54,65)(H,55,63)(H,56,58,64)/t27-,30?,32?,34+,40-,43+/m0/s1. The molecule has 2 aromatic carbocycles. The van der Waals surface area contributed by atoms with Crippen LogP contribution in [0.25, 0.3) is 32.7 Å². The Hall–Kier alpha value is -6.59. The van der Waals surface area contributed by atoms with Crippen molar-refractivity contribution >= 4 is 46.0 Å². The van der Waals surface area contributed by atoms with Gasteiger partial charge in [0.15, 0.2) is 5.65 Å². The number of phenols is 1. The first kappa shape index (κ1) is 45.6. The highest BCUT2D eigenvalue weighted by molar-refractivity contribution is 7.13. The third kappa shape index (κ3) is 9.39. The van der Waals surface area contributed by atoms with Crippen LogP contribution in [0.5, 0.6) is 5.75 Å². The molecule has 16 nitrogen and oxygen atoms in total. The van der Waals surface area contributed by atoms with Crippen LogP contribution in [0.4, 0.5) is 5.95 Å². The molecule has 0 bridgehead atoms. The number of pyridine rings is 1. The number of anilines is 1. The number of benzene rings is 2. The average molecular weight is 925 g/mol. The molecule has 0 radical (unpaired) electrons. The maximum atomic E-state index is 14.4. The van der Waals surface area contributed by atoms with E-state index in [-0.39, 0.29) is 59.9 Å². The number of thiazole rings is 1. The molecule has 1 saturated carbocycles. The summed E-state index contributed by atoms with van der Waals surface area (Å²) in [6.07, 6.45) is 6.17. The molecule has 17 heteroatoms. The molecular formula is C50H56N10O6S. The molecule has 2 aliphatic heterocycles. The molecule has 1 saturated heterocycles. The van der Waals surface area contributed by atoms with Gasteiger partial charge in [0, 0.05) is 60.9 Å². The van der Waals surface area contributed by atoms with Gasteiger partial charge in [-0.3, -0.25) is 19.2 Å². The van der Waals surface area contributed by atoms with Gasteiger partial charge in [0.25, 0.3) is 5.56 Å². The monoisotopic (exact) mass is 924 g/mol. The van der Waals surface area contributed by atoms with Crippen LogP contribution in [-0.4, -0.2) is 94.2 Å². The van der Waals surface area contributed by atoms with E-state index in [2.05, 4.69) is 30.8 Å². The lowest BCUT2D eigenvalue weighted by molar-refractivity contribution is -0.144. The summed E-state index contributed by atoms with van der Waals surface area (Å²) < 4.78 is 0. The predicted octanol–water partition coefficient (Wildman–Crippen LogP) is 6.12. The van der Waals surface area contributed by atoms with Crippen LogP contribution in [0.15, 0.2) is 77.3 Å². The molecule has 0 spiro atoms. The number of hydrogen-bond donors (Lipinski definition) is 5. The molecule has 4 aromatic heterocycles. The predicted molar refractivity (Wildman–Crippen MR) is 255 cm³/mol. The van der Waals surface area contributed by atoms with E-state index in [9.17, 15) is 29.4 Å². The van der Waals surface area contributed by atoms with Crippen molar-refractivity contribution in [2.75, 3.05) is 18.0 Å². The molecule has 4 atom stereocenters. The van der Waals surface area contributed by atoms with Gasteiger partial charge in [-0.15, -0.1) is 21.5 Å². The number of nitrogens with zero attached hydrogens (tertiary/aromatic N) is 7. The van der Waals surface area contributed by atoms with Gasteiger partial charge in [0.1, 0.15) is 17.8 Å². The molecule has 348 valence electrons. The van der Waals surface area contributed by atoms with Crippen molar-refractivity contribution in [3.63, 3.8) is 0 Å². The molecule has 5 N–H and O–H groups in total. The molecule has 6 aromatic rings. The van der Waals surface area contributed by atoms with Crippen LogP contribution in [0.1, 0.15) is 99.7 Å². The minimum atomic E-state index is -0.912. The normalized spacial score (nSPS) is 20.6. The van der Waals surface area contributed by atoms with Gasteiger partial charge in [-0.05, 0) is 97.7 Å². The molecule has 3 amide bonds. The number of rotatable bonds is 10. The summed E-state index contributed by atoms with van der Waals surface area (Å²) in [6.45, 7) is 10.5. The van der Waals surface area contributed by atoms with Crippen LogP contribution in [0.3, 0.4) is 0 Å². The number of aromatic nitrogens is 6. The number of nitrogens with one attached hydrogen (secondary N) is 3. The zero-order valence-corrected chi connectivity index (χ0v) is 39.1. The van der Waals surface area contributed by atoms with E-state index in [0.29, 0.717) is 60.8 Å². The fourth-order valence-corrected chi connectivity index (χ4v) is 10.6. The minimum absolute atomic E-state index is 0.00129. The number of aliphatic hydroxyl groups is 1. The van der Waals surface area contributed by atoms with Crippen LogP contribution < -0.4 is 21.1 Å². The number of carbonyl (C=O) groups excluding carboxylic acids is 3. The van der Waals surface area contributed by atoms with Crippen LogP contribution >= 0.6 is 11.3 Å². The van der Waals surface area contributed by atoms with Gasteiger partial charge in [-0.25, -0.2) is 15.0 Å². The number of aromatic amines is 1. The lowest BCUT2D eigenvalue weighted by Gasteiger charge is -2.37. The summed E-state index contributed by atoms with van der Waals surface area (Å²) >= 11 is 1.58. The Morgan fingerprint density at radius 2 is 1.66 bits per heavy atom. The Labute approximate surface area is 392 Å². The SMILES string of the molecule is Cc1ncsc1-c1ccc([C@H](C)NC(=O)[C@@H]2C[C@@H](O)CN2C(=O)[C@@H](NC(=O)C2CCC(c3cnc(N4CCc5c(c6cc(-c7ccccc7O)nnc6[nH]c5=O)C4)nc3)CC2)C(C)(C)C)cc1. The fourth-order valence-electron chi connectivity index (χ4n) is 9.82. The number of fused-ring (bicyclic) bond motifs is 3. The number of amides is 3. The Morgan fingerprint density at radius 1 is 0.925 bits per heavy atom. The smallest absolute Gasteiger partial charge is 0.253 e. The molecule has 0 unspecified atom stereocenters. The zero-order valence-electron chi connectivity index (χ0n) is 38.3. The number of hydrogen-bond acceptors (Lipinski definition) is 13. The number of phenolic OH excluding ortho intramolecular Hbond substituents is 1. The van der Waals surface area contributed by atoms with Gasteiger partial charge in [0.2, 0.25) is 23.7 Å². The highest BCUT2D eigenvalue weighted by Crippen LogP contribution is 2.37. The van der Waals surface area contributed by atoms with Gasteiger partial charge in [-0.1, -0.05) is 57.2 Å². The Bertz CT molecular complexity index is 2870. The molecule has 6 heterocycles. The maximum Gasteiger partial charge on any atom is 0.253 e. The van der Waals surface area contributed by atoms with Gasteiger partial charge >= 0.3 is 0 Å². The summed E-state index contributed by atoms with van der Waals surface area (Å²) in [7, 11) is 0. The number of H-pyrrole nitrogens is 1. The van der Waals surface area contributed by atoms with E-state index in [0.717, 1.165) is 51.1 Å². The largest absolute Gasteiger partial charge is 0.507 e. The number of para-hydroxylation sites is 1. The van der Waals surface area contributed by atoms with Crippen LogP contribution in [-0.2, 0) is 27.3 Å². The second-order valence-corrected chi connectivity index (χ2v) is 20.1. The van der Waals surface area contributed by atoms with Crippen molar-refractivity contribution in [1.82, 2.24) is 45.7 Å². The number of likely N-dealkylation sites (tertiary alicyclic amines) is 1. The summed E-state index contributed by atoms with van der Waals surface area (Å²) in [4.78, 5) is 76.5. The molecule has 3 aliphatic rings. The molecular weight excluding hydrogens is 869 g/mol. The summed E-state index contributed by atoms with van der Waals surface area (Å²) in [5.41, 5.74) is 7.79. The van der Waals surface area contributed by atoms with Crippen molar-refractivity contribution in [2.45, 2.75) is 110 Å². The minimum Gasteiger partial charge on any atom is -0.507 e. The Kier molecular flexibility index (Phi) is 12.6. The average Bonchev–Trinajstić information content (AvgIpc) is 3.95. The van der Waals surface area contributed by atoms with E-state index in [1.54, 1.807) is 29.5 Å². The molecule has 67 heavy (non-hydrogen) atoms. The van der Waals surface area contributed by atoms with E-state index in [4.69, 9.17) is 9.97 Å². The summed E-state index contributed by atoms with van der Waals surface area (Å²) in [5, 5.41) is 36.7. The van der Waals surface area contributed by atoms with Gasteiger partial charge in [-0.2, -0.15) is 0 Å². The topological polar surface area (TPSA) is 220 Å². The van der Waals surface area contributed by atoms with Crippen molar-refractivity contribution in [3.8, 4) is 27.4 Å². The second kappa shape index (κ2) is 18.6. The fraction of sp³-hybridized carbons (Fsp3) is 0.420. The highest BCUT2D eigenvalue weighted by atomic mass is 32.1. The van der Waals surface area contributed by atoms with E-state index < -0.39 is 23.6 Å². The third-order valence-corrected chi connectivity index (χ3v) is 14.7. The number of aliphatic hydroxyl groups excluding tert-OH is 1. The molecule has 9 rings (SSSR count). The molecule has 1 aliphatic carbocycles. The number of aryl methyl sites for hydroxylation is 1. The highest BCUT2D eigenvalue weighted by Gasteiger charge is 2.45. The maximum absolute atomic E-state index is 14.4. The van der Waals surface area contributed by atoms with Crippen molar-refractivity contribution in [1.29, 1.82) is 0 Å². The van der Waals surface area contributed by atoms with E-state index in [1.165, 1.54) is 4.90 Å². The second-order valence-electron chi connectivity index (χ2n) is 19.3. The number of aromatic hydroxyl groups is 1. The Morgan fingerprint density at radius 3 is 2.34 bits per heavy atom. The van der Waals surface area contributed by atoms with E-state index in [1.807, 2.05) is 93.8 Å². The first-order valence-electron chi connectivity index (χ1n) is 23.0. The van der Waals surface area contributed by atoms with Gasteiger partial charge < -0.3 is 35.6 Å². The quantitative estimate of drug-likeness (QED) is 0.105. The van der Waals surface area contributed by atoms with E-state index >= 15 is 0 Å². The Balaban J connectivity index is 0.812. The zero-order chi connectivity index (χ0) is 47.1. The number of β-amino-alcohol motifs (C(OH)–C–C–N with tert-alkyl or cyclic N) is 1. The first-order valence-corrected chi connectivity index (χ1v) is 23.9. The third-order valence-electron chi connectivity index (χ3n) is 13.7. The lowest BCUT2D eigenvalue weighted by atomic mass is 9.78. The van der Waals surface area contributed by atoms with Crippen molar-refractivity contribution in [2.24, 2.45) is 11.3 Å². The van der Waals surface area contributed by atoms with Crippen LogP contribution in [0.2, 0.25) is 0 Å². The summed E-state index contributed by atoms with van der Waals surface area (Å²) in [6, 6.07) is 14.6. The van der Waals surface area contributed by atoms with Gasteiger partial charge in [0.05, 0.1) is 33.9 Å². The number of carbonyl (C=O) groups is 3. The van der Waals surface area contributed by atoms with Crippen molar-refractivity contribution in [3.05, 3.63) is 111 Å². The lowest BCUT2D eigenvalue weighted by Crippen LogP contribution is -2.58. The van der Waals surface area contributed by atoms with Crippen molar-refractivity contribution < 1.29 is 24.6 Å². The first-order chi connectivity index (χ1) is 32.1. The molecule has 2 fully saturated rings. The van der Waals surface area contributed by atoms with Crippen LogP contribution in [0, 0.1) is 18.3 Å².